The summed E-state index contributed by atoms with van der Waals surface area (Å²) < 4.78 is 16.3. The maximum atomic E-state index is 12.2. The zero-order valence-electron chi connectivity index (χ0n) is 16.8. The van der Waals surface area contributed by atoms with Crippen LogP contribution in [0.25, 0.3) is 22.9 Å². The quantitative estimate of drug-likeness (QED) is 0.369. The fraction of sp³-hybridized carbons (Fsp3) is 0.182. The molecule has 1 amide bonds. The number of amides is 1. The van der Waals surface area contributed by atoms with Crippen LogP contribution in [0.4, 0.5) is 5.69 Å². The number of hydrogen-bond donors (Lipinski definition) is 1. The largest absolute Gasteiger partial charge is 0.494 e. The average Bonchev–Trinajstić information content (AvgIpc) is 3.50. The highest BCUT2D eigenvalue weighted by molar-refractivity contribution is 7.99. The van der Waals surface area contributed by atoms with Crippen molar-refractivity contribution in [1.82, 2.24) is 15.2 Å². The molecule has 0 atom stereocenters. The van der Waals surface area contributed by atoms with Crippen molar-refractivity contribution in [2.24, 2.45) is 0 Å². The predicted octanol–water partition coefficient (Wildman–Crippen LogP) is 4.91. The highest BCUT2D eigenvalue weighted by atomic mass is 32.2. The number of carbonyl (C=O) groups is 1. The van der Waals surface area contributed by atoms with Crippen LogP contribution in [-0.4, -0.2) is 33.4 Å². The van der Waals surface area contributed by atoms with Crippen LogP contribution in [0.1, 0.15) is 13.3 Å². The van der Waals surface area contributed by atoms with Gasteiger partial charge in [-0.15, -0.1) is 10.2 Å². The monoisotopic (exact) mass is 436 g/mol. The number of carbonyl (C=O) groups excluding carboxylic acids is 1. The number of nitrogens with one attached hydrogen (secondary N) is 1. The second kappa shape index (κ2) is 9.94. The van der Waals surface area contributed by atoms with Gasteiger partial charge in [-0.3, -0.25) is 4.79 Å². The number of furan rings is 2. The third-order valence-corrected chi connectivity index (χ3v) is 5.03. The first-order chi connectivity index (χ1) is 15.2. The van der Waals surface area contributed by atoms with Gasteiger partial charge in [0.2, 0.25) is 11.1 Å². The Labute approximate surface area is 183 Å². The standard InChI is InChI=1S/C22H20N4O4S/c1-2-28-16-9-7-15(8-10-16)23-19(27)11-14-31-22-24-20(17-5-3-12-29-17)21(25-26-22)18-6-4-13-30-18/h3-10,12-13H,2,11,14H2,1H3,(H,23,27). The molecule has 3 aromatic heterocycles. The molecule has 0 radical (unpaired) electrons. The second-order valence-corrected chi connectivity index (χ2v) is 7.41. The van der Waals surface area contributed by atoms with Crippen LogP contribution in [0.2, 0.25) is 0 Å². The predicted molar refractivity (Wildman–Crippen MR) is 117 cm³/mol. The van der Waals surface area contributed by atoms with E-state index in [4.69, 9.17) is 13.6 Å². The third kappa shape index (κ3) is 5.32. The molecule has 0 aliphatic rings. The Morgan fingerprint density at radius 3 is 2.35 bits per heavy atom. The van der Waals surface area contributed by atoms with Crippen molar-refractivity contribution in [3.05, 3.63) is 61.1 Å². The molecule has 0 saturated heterocycles. The number of ether oxygens (including phenoxy) is 1. The number of thioether (sulfide) groups is 1. The molecule has 0 fully saturated rings. The van der Waals surface area contributed by atoms with Gasteiger partial charge in [0.15, 0.2) is 17.2 Å². The summed E-state index contributed by atoms with van der Waals surface area (Å²) in [5.41, 5.74) is 1.76. The zero-order valence-corrected chi connectivity index (χ0v) is 17.6. The molecule has 4 aromatic rings. The first-order valence-electron chi connectivity index (χ1n) is 9.71. The molecule has 0 aliphatic heterocycles. The Balaban J connectivity index is 1.37. The van der Waals surface area contributed by atoms with Gasteiger partial charge in [-0.2, -0.15) is 0 Å². The Morgan fingerprint density at radius 2 is 1.71 bits per heavy atom. The van der Waals surface area contributed by atoms with Gasteiger partial charge < -0.3 is 18.9 Å². The van der Waals surface area contributed by atoms with Crippen LogP contribution in [0, 0.1) is 0 Å². The molecule has 0 saturated carbocycles. The lowest BCUT2D eigenvalue weighted by molar-refractivity contribution is -0.115. The van der Waals surface area contributed by atoms with Gasteiger partial charge in [0.1, 0.15) is 11.4 Å². The number of benzene rings is 1. The fourth-order valence-electron chi connectivity index (χ4n) is 2.80. The van der Waals surface area contributed by atoms with Gasteiger partial charge in [0.25, 0.3) is 0 Å². The van der Waals surface area contributed by atoms with Gasteiger partial charge in [-0.25, -0.2) is 4.98 Å². The average molecular weight is 436 g/mol. The van der Waals surface area contributed by atoms with E-state index in [1.807, 2.05) is 31.2 Å². The van der Waals surface area contributed by atoms with E-state index >= 15 is 0 Å². The minimum absolute atomic E-state index is 0.0944. The van der Waals surface area contributed by atoms with E-state index in [1.165, 1.54) is 11.8 Å². The Kier molecular flexibility index (Phi) is 6.63. The van der Waals surface area contributed by atoms with Crippen molar-refractivity contribution in [3.63, 3.8) is 0 Å². The Hall–Kier alpha value is -3.59. The number of rotatable bonds is 9. The van der Waals surface area contributed by atoms with E-state index in [2.05, 4.69) is 20.5 Å². The fourth-order valence-corrected chi connectivity index (χ4v) is 3.52. The second-order valence-electron chi connectivity index (χ2n) is 6.35. The SMILES string of the molecule is CCOc1ccc(NC(=O)CCSc2nnc(-c3ccco3)c(-c3ccco3)n2)cc1. The first-order valence-corrected chi connectivity index (χ1v) is 10.7. The molecule has 0 unspecified atom stereocenters. The zero-order chi connectivity index (χ0) is 21.5. The summed E-state index contributed by atoms with van der Waals surface area (Å²) in [6, 6.07) is 14.4. The number of nitrogens with zero attached hydrogens (tertiary/aromatic N) is 3. The van der Waals surface area contributed by atoms with Crippen molar-refractivity contribution >= 4 is 23.4 Å². The molecule has 0 aliphatic carbocycles. The first kappa shape index (κ1) is 20.7. The summed E-state index contributed by atoms with van der Waals surface area (Å²) in [5.74, 6) is 2.30. The van der Waals surface area contributed by atoms with Crippen LogP contribution in [0.15, 0.2) is 75.0 Å². The summed E-state index contributed by atoms with van der Waals surface area (Å²) >= 11 is 1.35. The molecule has 0 bridgehead atoms. The van der Waals surface area contributed by atoms with Crippen molar-refractivity contribution in [2.45, 2.75) is 18.5 Å². The van der Waals surface area contributed by atoms with E-state index < -0.39 is 0 Å². The third-order valence-electron chi connectivity index (χ3n) is 4.19. The van der Waals surface area contributed by atoms with E-state index in [9.17, 15) is 4.79 Å². The highest BCUT2D eigenvalue weighted by Crippen LogP contribution is 2.30. The van der Waals surface area contributed by atoms with Gasteiger partial charge in [-0.1, -0.05) is 11.8 Å². The normalized spacial score (nSPS) is 10.7. The molecule has 1 aromatic carbocycles. The minimum Gasteiger partial charge on any atom is -0.494 e. The summed E-state index contributed by atoms with van der Waals surface area (Å²) in [4.78, 5) is 16.8. The molecule has 9 heteroatoms. The number of hydrogen-bond acceptors (Lipinski definition) is 8. The summed E-state index contributed by atoms with van der Waals surface area (Å²) in [6.45, 7) is 2.53. The molecular weight excluding hydrogens is 416 g/mol. The Bertz CT molecular complexity index is 1110. The van der Waals surface area contributed by atoms with E-state index in [0.717, 1.165) is 11.4 Å². The maximum absolute atomic E-state index is 12.2. The van der Waals surface area contributed by atoms with E-state index in [0.29, 0.717) is 46.8 Å². The van der Waals surface area contributed by atoms with Crippen molar-refractivity contribution in [1.29, 1.82) is 0 Å². The molecule has 1 N–H and O–H groups in total. The number of aromatic nitrogens is 3. The smallest absolute Gasteiger partial charge is 0.225 e. The van der Waals surface area contributed by atoms with Crippen LogP contribution >= 0.6 is 11.8 Å². The van der Waals surface area contributed by atoms with Gasteiger partial charge in [-0.05, 0) is 55.5 Å². The van der Waals surface area contributed by atoms with Crippen LogP contribution < -0.4 is 10.1 Å². The molecule has 4 rings (SSSR count). The van der Waals surface area contributed by atoms with E-state index in [1.54, 1.807) is 36.8 Å². The van der Waals surface area contributed by atoms with E-state index in [-0.39, 0.29) is 5.91 Å². The molecule has 31 heavy (non-hydrogen) atoms. The molecule has 3 heterocycles. The van der Waals surface area contributed by atoms with Crippen molar-refractivity contribution in [3.8, 4) is 28.7 Å². The van der Waals surface area contributed by atoms with Gasteiger partial charge >= 0.3 is 0 Å². The summed E-state index contributed by atoms with van der Waals surface area (Å²) in [6.07, 6.45) is 3.44. The van der Waals surface area contributed by atoms with Crippen molar-refractivity contribution in [2.75, 3.05) is 17.7 Å². The van der Waals surface area contributed by atoms with Crippen LogP contribution in [0.3, 0.4) is 0 Å². The topological polar surface area (TPSA) is 103 Å². The van der Waals surface area contributed by atoms with Crippen molar-refractivity contribution < 1.29 is 18.4 Å². The van der Waals surface area contributed by atoms with Crippen LogP contribution in [-0.2, 0) is 4.79 Å². The molecule has 0 spiro atoms. The Morgan fingerprint density at radius 1 is 1.00 bits per heavy atom. The van der Waals surface area contributed by atoms with Gasteiger partial charge in [0, 0.05) is 17.9 Å². The lowest BCUT2D eigenvalue weighted by Crippen LogP contribution is -2.12. The molecular formula is C22H20N4O4S. The summed E-state index contributed by atoms with van der Waals surface area (Å²) in [5, 5.41) is 11.8. The van der Waals surface area contributed by atoms with Gasteiger partial charge in [0.05, 0.1) is 19.1 Å². The summed E-state index contributed by atoms with van der Waals surface area (Å²) in [7, 11) is 0. The molecule has 8 nitrogen and oxygen atoms in total. The lowest BCUT2D eigenvalue weighted by atomic mass is 10.2. The minimum atomic E-state index is -0.0944. The number of anilines is 1. The maximum Gasteiger partial charge on any atom is 0.225 e. The highest BCUT2D eigenvalue weighted by Gasteiger charge is 2.18. The van der Waals surface area contributed by atoms with Crippen LogP contribution in [0.5, 0.6) is 5.75 Å². The molecule has 158 valence electrons. The lowest BCUT2D eigenvalue weighted by Gasteiger charge is -2.07.